The first-order valence-electron chi connectivity index (χ1n) is 11.5. The summed E-state index contributed by atoms with van der Waals surface area (Å²) in [5.74, 6) is -0.290. The molecule has 0 bridgehead atoms. The number of carbonyl (C=O) groups excluding carboxylic acids is 1. The van der Waals surface area contributed by atoms with Crippen LogP contribution in [-0.2, 0) is 14.8 Å². The maximum atomic E-state index is 13.4. The molecule has 3 rings (SSSR count). The summed E-state index contributed by atoms with van der Waals surface area (Å²) in [6, 6.07) is 13.9. The third-order valence-corrected chi connectivity index (χ3v) is 7.70. The van der Waals surface area contributed by atoms with Crippen LogP contribution in [0.3, 0.4) is 0 Å². The van der Waals surface area contributed by atoms with Crippen molar-refractivity contribution in [3.05, 3.63) is 59.7 Å². The zero-order valence-electron chi connectivity index (χ0n) is 19.2. The van der Waals surface area contributed by atoms with E-state index < -0.39 is 10.0 Å². The van der Waals surface area contributed by atoms with Gasteiger partial charge in [0.15, 0.2) is 0 Å². The van der Waals surface area contributed by atoms with Crippen molar-refractivity contribution < 1.29 is 13.2 Å². The Labute approximate surface area is 192 Å². The van der Waals surface area contributed by atoms with Gasteiger partial charge in [0.25, 0.3) is 10.0 Å². The molecule has 1 fully saturated rings. The smallest absolute Gasteiger partial charge is 0.264 e. The molecule has 0 atom stereocenters. The van der Waals surface area contributed by atoms with Crippen molar-refractivity contribution in [1.82, 2.24) is 10.2 Å². The van der Waals surface area contributed by atoms with Crippen LogP contribution in [-0.4, -0.2) is 51.9 Å². The van der Waals surface area contributed by atoms with E-state index in [1.165, 1.54) is 30.0 Å². The molecule has 1 N–H and O–H groups in total. The van der Waals surface area contributed by atoms with Crippen LogP contribution in [0.5, 0.6) is 0 Å². The van der Waals surface area contributed by atoms with Crippen molar-refractivity contribution in [2.75, 3.05) is 37.0 Å². The first kappa shape index (κ1) is 24.3. The molecule has 174 valence electrons. The highest BCUT2D eigenvalue weighted by atomic mass is 32.2. The van der Waals surface area contributed by atoms with Crippen molar-refractivity contribution in [3.8, 4) is 0 Å². The highest BCUT2D eigenvalue weighted by Crippen LogP contribution is 2.27. The summed E-state index contributed by atoms with van der Waals surface area (Å²) in [6.07, 6.45) is 5.96. The highest BCUT2D eigenvalue weighted by Gasteiger charge is 2.28. The number of benzene rings is 2. The quantitative estimate of drug-likeness (QED) is 0.580. The first-order chi connectivity index (χ1) is 15.4. The third-order valence-electron chi connectivity index (χ3n) is 5.92. The van der Waals surface area contributed by atoms with E-state index in [1.54, 1.807) is 30.3 Å². The molecule has 0 aromatic heterocycles. The molecule has 0 radical (unpaired) electrons. The Morgan fingerprint density at radius 3 is 2.38 bits per heavy atom. The largest absolute Gasteiger partial charge is 0.354 e. The van der Waals surface area contributed by atoms with Gasteiger partial charge >= 0.3 is 0 Å². The average Bonchev–Trinajstić information content (AvgIpc) is 3.06. The van der Waals surface area contributed by atoms with Crippen molar-refractivity contribution in [3.63, 3.8) is 0 Å². The van der Waals surface area contributed by atoms with E-state index in [0.29, 0.717) is 12.2 Å². The van der Waals surface area contributed by atoms with Gasteiger partial charge in [-0.3, -0.25) is 9.10 Å². The van der Waals surface area contributed by atoms with Crippen LogP contribution in [0.2, 0.25) is 0 Å². The number of aryl methyl sites for hydroxylation is 2. The van der Waals surface area contributed by atoms with Crippen LogP contribution in [0.15, 0.2) is 53.4 Å². The number of amides is 1. The lowest BCUT2D eigenvalue weighted by molar-refractivity contribution is -0.119. The molecular weight excluding hydrogens is 422 g/mol. The first-order valence-corrected chi connectivity index (χ1v) is 13.0. The molecule has 6 nitrogen and oxygen atoms in total. The van der Waals surface area contributed by atoms with Gasteiger partial charge < -0.3 is 10.2 Å². The van der Waals surface area contributed by atoms with Gasteiger partial charge in [0.05, 0.1) is 10.6 Å². The van der Waals surface area contributed by atoms with E-state index in [-0.39, 0.29) is 17.3 Å². The molecule has 0 aliphatic carbocycles. The van der Waals surface area contributed by atoms with E-state index in [1.807, 2.05) is 32.0 Å². The van der Waals surface area contributed by atoms with Crippen molar-refractivity contribution in [2.24, 2.45) is 0 Å². The standard InChI is InChI=1S/C25H35N3O3S/c1-21-13-14-22(2)24(19-21)28(32(30,31)23-11-6-5-7-12-23)20-25(29)26-15-10-18-27-16-8-3-4-9-17-27/h5-7,11-14,19H,3-4,8-10,15-18,20H2,1-2H3,(H,26,29). The normalized spacial score (nSPS) is 15.2. The van der Waals surface area contributed by atoms with Crippen molar-refractivity contribution >= 4 is 21.6 Å². The Morgan fingerprint density at radius 2 is 1.69 bits per heavy atom. The molecular formula is C25H35N3O3S. The lowest BCUT2D eigenvalue weighted by atomic mass is 10.1. The van der Waals surface area contributed by atoms with Crippen LogP contribution in [0, 0.1) is 13.8 Å². The third kappa shape index (κ3) is 6.56. The number of hydrogen-bond acceptors (Lipinski definition) is 4. The summed E-state index contributed by atoms with van der Waals surface area (Å²) < 4.78 is 28.1. The van der Waals surface area contributed by atoms with Crippen LogP contribution in [0.4, 0.5) is 5.69 Å². The van der Waals surface area contributed by atoms with Gasteiger partial charge in [0, 0.05) is 6.54 Å². The second-order valence-electron chi connectivity index (χ2n) is 8.57. The van der Waals surface area contributed by atoms with Crippen molar-refractivity contribution in [2.45, 2.75) is 50.8 Å². The number of nitrogens with zero attached hydrogens (tertiary/aromatic N) is 2. The molecule has 0 saturated carbocycles. The number of likely N-dealkylation sites (tertiary alicyclic amines) is 1. The topological polar surface area (TPSA) is 69.7 Å². The van der Waals surface area contributed by atoms with Gasteiger partial charge in [0.1, 0.15) is 6.54 Å². The summed E-state index contributed by atoms with van der Waals surface area (Å²) in [6.45, 7) is 7.30. The van der Waals surface area contributed by atoms with Gasteiger partial charge in [0.2, 0.25) is 5.91 Å². The summed E-state index contributed by atoms with van der Waals surface area (Å²) >= 11 is 0. The number of anilines is 1. The summed E-state index contributed by atoms with van der Waals surface area (Å²) in [4.78, 5) is 15.4. The van der Waals surface area contributed by atoms with E-state index in [2.05, 4.69) is 10.2 Å². The Hall–Kier alpha value is -2.38. The Balaban J connectivity index is 1.68. The molecule has 32 heavy (non-hydrogen) atoms. The van der Waals surface area contributed by atoms with Gasteiger partial charge in [-0.05, 0) is 82.1 Å². The van der Waals surface area contributed by atoms with Gasteiger partial charge in [-0.25, -0.2) is 8.42 Å². The number of carbonyl (C=O) groups is 1. The molecule has 1 aliphatic heterocycles. The molecule has 1 aliphatic rings. The zero-order chi connectivity index (χ0) is 23.0. The lowest BCUT2D eigenvalue weighted by Crippen LogP contribution is -2.42. The van der Waals surface area contributed by atoms with Crippen LogP contribution < -0.4 is 9.62 Å². The van der Waals surface area contributed by atoms with Crippen LogP contribution >= 0.6 is 0 Å². The predicted molar refractivity (Wildman–Crippen MR) is 129 cm³/mol. The molecule has 0 unspecified atom stereocenters. The van der Waals surface area contributed by atoms with Gasteiger partial charge in [-0.1, -0.05) is 43.2 Å². The predicted octanol–water partition coefficient (Wildman–Crippen LogP) is 3.88. The van der Waals surface area contributed by atoms with Gasteiger partial charge in [-0.15, -0.1) is 0 Å². The SMILES string of the molecule is Cc1ccc(C)c(N(CC(=O)NCCCN2CCCCCC2)S(=O)(=O)c2ccccc2)c1. The number of rotatable bonds is 9. The van der Waals surface area contributed by atoms with Crippen LogP contribution in [0.1, 0.15) is 43.2 Å². The minimum atomic E-state index is -3.88. The Kier molecular flexibility index (Phi) is 8.70. The van der Waals surface area contributed by atoms with E-state index >= 15 is 0 Å². The second kappa shape index (κ2) is 11.5. The number of hydrogen-bond donors (Lipinski definition) is 1. The molecule has 2 aromatic carbocycles. The Morgan fingerprint density at radius 1 is 1.00 bits per heavy atom. The maximum Gasteiger partial charge on any atom is 0.264 e. The fourth-order valence-corrected chi connectivity index (χ4v) is 5.58. The second-order valence-corrected chi connectivity index (χ2v) is 10.4. The highest BCUT2D eigenvalue weighted by molar-refractivity contribution is 7.92. The summed E-state index contributed by atoms with van der Waals surface area (Å²) in [5.41, 5.74) is 2.29. The molecule has 1 amide bonds. The summed E-state index contributed by atoms with van der Waals surface area (Å²) in [7, 11) is -3.88. The Bertz CT molecular complexity index is 985. The fourth-order valence-electron chi connectivity index (χ4n) is 4.08. The zero-order valence-corrected chi connectivity index (χ0v) is 20.0. The maximum absolute atomic E-state index is 13.4. The van der Waals surface area contributed by atoms with Gasteiger partial charge in [-0.2, -0.15) is 0 Å². The summed E-state index contributed by atoms with van der Waals surface area (Å²) in [5, 5.41) is 2.92. The number of sulfonamides is 1. The lowest BCUT2D eigenvalue weighted by Gasteiger charge is -2.26. The molecule has 2 aromatic rings. The minimum absolute atomic E-state index is 0.176. The monoisotopic (exact) mass is 457 g/mol. The van der Waals surface area contributed by atoms with E-state index in [9.17, 15) is 13.2 Å². The van der Waals surface area contributed by atoms with E-state index in [4.69, 9.17) is 0 Å². The molecule has 7 heteroatoms. The average molecular weight is 458 g/mol. The minimum Gasteiger partial charge on any atom is -0.354 e. The van der Waals surface area contributed by atoms with E-state index in [0.717, 1.165) is 37.2 Å². The molecule has 1 heterocycles. The fraction of sp³-hybridized carbons (Fsp3) is 0.480. The van der Waals surface area contributed by atoms with Crippen LogP contribution in [0.25, 0.3) is 0 Å². The molecule has 1 saturated heterocycles. The van der Waals surface area contributed by atoms with Crippen molar-refractivity contribution in [1.29, 1.82) is 0 Å². The number of nitrogens with one attached hydrogen (secondary N) is 1. The molecule has 0 spiro atoms.